The Morgan fingerprint density at radius 3 is 2.29 bits per heavy atom. The second-order valence-corrected chi connectivity index (χ2v) is 8.10. The summed E-state index contributed by atoms with van der Waals surface area (Å²) in [4.78, 5) is 4.46. The zero-order valence-electron chi connectivity index (χ0n) is 18.9. The third-order valence-electron chi connectivity index (χ3n) is 5.10. The molecular formula is C26H25F3N2O3. The minimum atomic E-state index is -4.61. The summed E-state index contributed by atoms with van der Waals surface area (Å²) >= 11 is 0. The predicted molar refractivity (Wildman–Crippen MR) is 126 cm³/mol. The molecule has 5 nitrogen and oxygen atoms in total. The summed E-state index contributed by atoms with van der Waals surface area (Å²) in [5.41, 5.74) is -0.572. The maximum Gasteiger partial charge on any atom is 0.417 e. The molecule has 0 aliphatic carbocycles. The predicted octanol–water partition coefficient (Wildman–Crippen LogP) is 6.04. The van der Waals surface area contributed by atoms with Crippen molar-refractivity contribution in [3.8, 4) is 22.6 Å². The average molecular weight is 470 g/mol. The molecule has 3 aromatic rings. The molecule has 0 radical (unpaired) electrons. The first-order valence-corrected chi connectivity index (χ1v) is 10.3. The number of hydrogen-bond donors (Lipinski definition) is 3. The average Bonchev–Trinajstić information content (AvgIpc) is 2.78. The van der Waals surface area contributed by atoms with E-state index in [-0.39, 0.29) is 28.6 Å². The molecule has 0 heterocycles. The van der Waals surface area contributed by atoms with Crippen LogP contribution >= 0.6 is 0 Å². The lowest BCUT2D eigenvalue weighted by Crippen LogP contribution is -2.36. The number of nitrogens with zero attached hydrogens (tertiary/aromatic N) is 1. The quantitative estimate of drug-likeness (QED) is 0.303. The fourth-order valence-corrected chi connectivity index (χ4v) is 3.13. The molecule has 3 N–H and O–H groups in total. The fourth-order valence-electron chi connectivity index (χ4n) is 3.13. The van der Waals surface area contributed by atoms with Gasteiger partial charge in [-0.15, -0.1) is 0 Å². The van der Waals surface area contributed by atoms with Gasteiger partial charge in [0.1, 0.15) is 5.84 Å². The molecule has 0 spiro atoms. The minimum absolute atomic E-state index is 0.0131. The molecule has 0 saturated carbocycles. The van der Waals surface area contributed by atoms with Crippen LogP contribution in [-0.4, -0.2) is 28.8 Å². The number of benzene rings is 3. The topological polar surface area (TPSA) is 74.1 Å². The normalized spacial score (nSPS) is 12.4. The van der Waals surface area contributed by atoms with Gasteiger partial charge in [-0.25, -0.2) is 4.99 Å². The number of phenols is 1. The second kappa shape index (κ2) is 9.61. The Labute approximate surface area is 195 Å². The van der Waals surface area contributed by atoms with Crippen molar-refractivity contribution >= 4 is 11.5 Å². The van der Waals surface area contributed by atoms with Gasteiger partial charge in [-0.05, 0) is 55.3 Å². The van der Waals surface area contributed by atoms with Gasteiger partial charge < -0.3 is 20.3 Å². The van der Waals surface area contributed by atoms with E-state index in [1.165, 1.54) is 45.2 Å². The van der Waals surface area contributed by atoms with Crippen molar-refractivity contribution in [2.45, 2.75) is 25.6 Å². The van der Waals surface area contributed by atoms with Gasteiger partial charge in [-0.3, -0.25) is 0 Å². The van der Waals surface area contributed by atoms with Crippen LogP contribution in [0, 0.1) is 0 Å². The maximum absolute atomic E-state index is 13.7. The number of aromatic hydroxyl groups is 1. The third-order valence-corrected chi connectivity index (χ3v) is 5.10. The molecule has 0 atom stereocenters. The van der Waals surface area contributed by atoms with Gasteiger partial charge in [0, 0.05) is 11.3 Å². The van der Waals surface area contributed by atoms with Crippen molar-refractivity contribution in [1.82, 2.24) is 5.32 Å². The lowest BCUT2D eigenvalue weighted by molar-refractivity contribution is -0.137. The Balaban J connectivity index is 2.13. The largest absolute Gasteiger partial charge is 0.504 e. The Morgan fingerprint density at radius 1 is 0.971 bits per heavy atom. The van der Waals surface area contributed by atoms with Gasteiger partial charge in [-0.2, -0.15) is 13.2 Å². The van der Waals surface area contributed by atoms with E-state index in [1.807, 2.05) is 0 Å². The molecule has 0 bridgehead atoms. The lowest BCUT2D eigenvalue weighted by Gasteiger charge is -2.24. The number of amidine groups is 1. The molecule has 0 aromatic heterocycles. The summed E-state index contributed by atoms with van der Waals surface area (Å²) < 4.78 is 46.3. The Hall–Kier alpha value is -3.78. The smallest absolute Gasteiger partial charge is 0.417 e. The van der Waals surface area contributed by atoms with Gasteiger partial charge in [0.05, 0.1) is 24.0 Å². The summed E-state index contributed by atoms with van der Waals surface area (Å²) in [6.45, 7) is 6.69. The Kier molecular flexibility index (Phi) is 7.02. The number of nitrogens with one attached hydrogen (secondary N) is 1. The van der Waals surface area contributed by atoms with Crippen molar-refractivity contribution < 1.29 is 28.1 Å². The van der Waals surface area contributed by atoms with Crippen molar-refractivity contribution in [3.05, 3.63) is 90.1 Å². The van der Waals surface area contributed by atoms with Crippen molar-refractivity contribution in [3.63, 3.8) is 0 Å². The highest BCUT2D eigenvalue weighted by atomic mass is 19.4. The minimum Gasteiger partial charge on any atom is -0.504 e. The van der Waals surface area contributed by atoms with E-state index in [0.29, 0.717) is 11.3 Å². The van der Waals surface area contributed by atoms with Gasteiger partial charge in [0.15, 0.2) is 11.5 Å². The first kappa shape index (κ1) is 24.9. The van der Waals surface area contributed by atoms with E-state index >= 15 is 0 Å². The van der Waals surface area contributed by atoms with Crippen molar-refractivity contribution in [2.75, 3.05) is 7.11 Å². The van der Waals surface area contributed by atoms with Gasteiger partial charge in [0.25, 0.3) is 0 Å². The number of alkyl halides is 3. The molecule has 3 aromatic carbocycles. The molecule has 0 saturated heterocycles. The maximum atomic E-state index is 13.7. The monoisotopic (exact) mass is 470 g/mol. The highest BCUT2D eigenvalue weighted by Gasteiger charge is 2.34. The van der Waals surface area contributed by atoms with E-state index in [2.05, 4.69) is 16.9 Å². The molecule has 34 heavy (non-hydrogen) atoms. The molecule has 178 valence electrons. The Bertz CT molecular complexity index is 1230. The highest BCUT2D eigenvalue weighted by Crippen LogP contribution is 2.34. The van der Waals surface area contributed by atoms with E-state index in [1.54, 1.807) is 36.4 Å². The first-order chi connectivity index (χ1) is 15.9. The zero-order chi connectivity index (χ0) is 25.1. The SMILES string of the molecule is C=C(NC(=Nc1cccc(-c2ccc(O)c(OC)c2)c1)c1ccccc1C(F)(F)F)C(C)(C)O. The van der Waals surface area contributed by atoms with Crippen LogP contribution in [0.2, 0.25) is 0 Å². The van der Waals surface area contributed by atoms with Crippen LogP contribution in [0.5, 0.6) is 11.5 Å². The van der Waals surface area contributed by atoms with E-state index in [4.69, 9.17) is 4.74 Å². The number of phenolic OH excluding ortho intramolecular Hbond substituents is 1. The van der Waals surface area contributed by atoms with Gasteiger partial charge in [-0.1, -0.05) is 43.0 Å². The molecular weight excluding hydrogens is 445 g/mol. The summed E-state index contributed by atoms with van der Waals surface area (Å²) in [5, 5.41) is 22.9. The fraction of sp³-hybridized carbons (Fsp3) is 0.192. The molecule has 3 rings (SSSR count). The number of hydrogen-bond acceptors (Lipinski definition) is 4. The van der Waals surface area contributed by atoms with Crippen LogP contribution in [0.1, 0.15) is 25.0 Å². The summed E-state index contributed by atoms with van der Waals surface area (Å²) in [6.07, 6.45) is -4.61. The van der Waals surface area contributed by atoms with Crippen molar-refractivity contribution in [1.29, 1.82) is 0 Å². The van der Waals surface area contributed by atoms with Gasteiger partial charge >= 0.3 is 6.18 Å². The Morgan fingerprint density at radius 2 is 1.65 bits per heavy atom. The molecule has 0 amide bonds. The van der Waals surface area contributed by atoms with E-state index in [0.717, 1.165) is 11.6 Å². The van der Waals surface area contributed by atoms with E-state index in [9.17, 15) is 23.4 Å². The molecule has 0 aliphatic heterocycles. The van der Waals surface area contributed by atoms with Gasteiger partial charge in [0.2, 0.25) is 0 Å². The third kappa shape index (κ3) is 5.77. The zero-order valence-corrected chi connectivity index (χ0v) is 18.9. The lowest BCUT2D eigenvalue weighted by atomic mass is 10.0. The molecule has 0 aliphatic rings. The van der Waals surface area contributed by atoms with Crippen LogP contribution in [0.15, 0.2) is 84.0 Å². The number of aliphatic imine (C=N–C) groups is 1. The first-order valence-electron chi connectivity index (χ1n) is 10.3. The van der Waals surface area contributed by atoms with Crippen LogP contribution in [0.4, 0.5) is 18.9 Å². The summed E-state index contributed by atoms with van der Waals surface area (Å²) in [7, 11) is 1.44. The summed E-state index contributed by atoms with van der Waals surface area (Å²) in [5.74, 6) is 0.163. The van der Waals surface area contributed by atoms with Crippen LogP contribution in [0.3, 0.4) is 0 Å². The molecule has 8 heteroatoms. The number of methoxy groups -OCH3 is 1. The number of halogens is 3. The second-order valence-electron chi connectivity index (χ2n) is 8.10. The highest BCUT2D eigenvalue weighted by molar-refractivity contribution is 6.02. The number of ether oxygens (including phenoxy) is 1. The van der Waals surface area contributed by atoms with Crippen LogP contribution in [0.25, 0.3) is 11.1 Å². The summed E-state index contributed by atoms with van der Waals surface area (Å²) in [6, 6.07) is 16.7. The molecule has 0 fully saturated rings. The van der Waals surface area contributed by atoms with Crippen molar-refractivity contribution in [2.24, 2.45) is 4.99 Å². The van der Waals surface area contributed by atoms with Crippen LogP contribution in [-0.2, 0) is 6.18 Å². The number of rotatable bonds is 6. The molecule has 0 unspecified atom stereocenters. The number of aliphatic hydroxyl groups is 1. The van der Waals surface area contributed by atoms with Crippen LogP contribution < -0.4 is 10.1 Å². The van der Waals surface area contributed by atoms with E-state index < -0.39 is 17.3 Å². The standard InChI is InChI=1S/C26H25F3N2O3/c1-16(25(2,3)33)30-24(20-10-5-6-11-21(20)26(27,28)29)31-19-9-7-8-17(14-19)18-12-13-22(32)23(15-18)34-4/h5-15,32-33H,1H2,2-4H3,(H,30,31).